The minimum atomic E-state index is -0.152. The summed E-state index contributed by atoms with van der Waals surface area (Å²) in [6.07, 6.45) is 5.25. The first kappa shape index (κ1) is 18.4. The van der Waals surface area contributed by atoms with Crippen LogP contribution in [0.3, 0.4) is 0 Å². The average Bonchev–Trinajstić information content (AvgIpc) is 3.14. The molecule has 2 heterocycles. The van der Waals surface area contributed by atoms with Crippen molar-refractivity contribution >= 4 is 6.03 Å². The number of likely N-dealkylation sites (tertiary alicyclic amines) is 1. The van der Waals surface area contributed by atoms with Crippen molar-refractivity contribution in [3.63, 3.8) is 0 Å². The summed E-state index contributed by atoms with van der Waals surface area (Å²) < 4.78 is 1.92. The molecular weight excluding hydrogens is 328 g/mol. The Morgan fingerprint density at radius 1 is 1.23 bits per heavy atom. The summed E-state index contributed by atoms with van der Waals surface area (Å²) in [4.78, 5) is 14.6. The molecule has 0 bridgehead atoms. The number of nitrogens with one attached hydrogen (secondary N) is 2. The molecule has 7 nitrogen and oxygen atoms in total. The van der Waals surface area contributed by atoms with Crippen LogP contribution in [0.25, 0.3) is 0 Å². The van der Waals surface area contributed by atoms with Crippen molar-refractivity contribution in [1.29, 1.82) is 0 Å². The number of aryl methyl sites for hydroxylation is 1. The van der Waals surface area contributed by atoms with E-state index < -0.39 is 0 Å². The van der Waals surface area contributed by atoms with Gasteiger partial charge in [0, 0.05) is 25.7 Å². The van der Waals surface area contributed by atoms with Crippen molar-refractivity contribution in [3.05, 3.63) is 48.0 Å². The number of rotatable bonds is 7. The summed E-state index contributed by atoms with van der Waals surface area (Å²) in [5.41, 5.74) is 1.32. The zero-order chi connectivity index (χ0) is 18.2. The van der Waals surface area contributed by atoms with E-state index in [1.165, 1.54) is 18.4 Å². The minimum Gasteiger partial charge on any atom is -0.337 e. The Kier molecular flexibility index (Phi) is 6.60. The number of urea groups is 1. The molecule has 1 aliphatic rings. The van der Waals surface area contributed by atoms with Gasteiger partial charge in [-0.3, -0.25) is 4.90 Å². The van der Waals surface area contributed by atoms with Gasteiger partial charge in [-0.1, -0.05) is 36.8 Å². The zero-order valence-corrected chi connectivity index (χ0v) is 15.4. The van der Waals surface area contributed by atoms with Crippen molar-refractivity contribution in [2.75, 3.05) is 13.1 Å². The number of carbonyl (C=O) groups excluding carboxylic acids is 1. The van der Waals surface area contributed by atoms with Gasteiger partial charge in [0.2, 0.25) is 0 Å². The number of nitrogens with zero attached hydrogens (tertiary/aromatic N) is 4. The summed E-state index contributed by atoms with van der Waals surface area (Å²) in [6, 6.07) is 10.8. The Balaban J connectivity index is 1.46. The molecule has 7 heteroatoms. The third kappa shape index (κ3) is 5.05. The highest BCUT2D eigenvalue weighted by Crippen LogP contribution is 2.19. The molecular formula is C19H28N6O. The van der Waals surface area contributed by atoms with E-state index in [4.69, 9.17) is 0 Å². The summed E-state index contributed by atoms with van der Waals surface area (Å²) in [5, 5.41) is 13.8. The molecule has 3 rings (SSSR count). The molecule has 1 aromatic heterocycles. The summed E-state index contributed by atoms with van der Waals surface area (Å²) in [6.45, 7) is 5.90. The van der Waals surface area contributed by atoms with Crippen molar-refractivity contribution in [2.45, 2.75) is 51.9 Å². The molecule has 0 spiro atoms. The third-order valence-corrected chi connectivity index (χ3v) is 4.92. The van der Waals surface area contributed by atoms with E-state index in [9.17, 15) is 4.79 Å². The van der Waals surface area contributed by atoms with Crippen molar-refractivity contribution in [1.82, 2.24) is 30.3 Å². The van der Waals surface area contributed by atoms with Gasteiger partial charge in [0.25, 0.3) is 0 Å². The first-order valence-electron chi connectivity index (χ1n) is 9.42. The van der Waals surface area contributed by atoms with E-state index in [2.05, 4.69) is 50.0 Å². The van der Waals surface area contributed by atoms with Crippen molar-refractivity contribution < 1.29 is 4.79 Å². The van der Waals surface area contributed by atoms with Crippen molar-refractivity contribution in [3.8, 4) is 0 Å². The van der Waals surface area contributed by atoms with Crippen LogP contribution in [0, 0.1) is 0 Å². The second-order valence-corrected chi connectivity index (χ2v) is 6.70. The molecule has 0 aliphatic carbocycles. The molecule has 1 saturated heterocycles. The smallest absolute Gasteiger partial charge is 0.315 e. The van der Waals surface area contributed by atoms with E-state index in [0.717, 1.165) is 31.9 Å². The Labute approximate surface area is 154 Å². The first-order chi connectivity index (χ1) is 12.8. The maximum Gasteiger partial charge on any atom is 0.315 e. The molecule has 1 aliphatic heterocycles. The Morgan fingerprint density at radius 3 is 2.88 bits per heavy atom. The third-order valence-electron chi connectivity index (χ3n) is 4.92. The van der Waals surface area contributed by atoms with Gasteiger partial charge in [-0.25, -0.2) is 4.79 Å². The van der Waals surface area contributed by atoms with Gasteiger partial charge in [-0.2, -0.15) is 0 Å². The normalized spacial score (nSPS) is 17.8. The van der Waals surface area contributed by atoms with E-state index in [1.807, 2.05) is 17.6 Å². The fourth-order valence-corrected chi connectivity index (χ4v) is 3.43. The molecule has 0 radical (unpaired) electrons. The largest absolute Gasteiger partial charge is 0.337 e. The lowest BCUT2D eigenvalue weighted by molar-refractivity contribution is 0.138. The summed E-state index contributed by atoms with van der Waals surface area (Å²) in [5.74, 6) is 0.769. The number of hydrogen-bond acceptors (Lipinski definition) is 4. The van der Waals surface area contributed by atoms with Crippen LogP contribution >= 0.6 is 0 Å². The number of hydrogen-bond donors (Lipinski definition) is 2. The Morgan fingerprint density at radius 2 is 2.08 bits per heavy atom. The lowest BCUT2D eigenvalue weighted by Gasteiger charge is -2.35. The maximum absolute atomic E-state index is 12.1. The molecule has 2 N–H and O–H groups in total. The van der Waals surface area contributed by atoms with E-state index in [1.54, 1.807) is 6.33 Å². The molecule has 26 heavy (non-hydrogen) atoms. The van der Waals surface area contributed by atoms with E-state index in [0.29, 0.717) is 19.1 Å². The first-order valence-corrected chi connectivity index (χ1v) is 9.42. The lowest BCUT2D eigenvalue weighted by Crippen LogP contribution is -2.48. The molecule has 0 unspecified atom stereocenters. The summed E-state index contributed by atoms with van der Waals surface area (Å²) in [7, 11) is 0. The highest BCUT2D eigenvalue weighted by atomic mass is 16.2. The van der Waals surface area contributed by atoms with Gasteiger partial charge < -0.3 is 15.2 Å². The van der Waals surface area contributed by atoms with Crippen LogP contribution in [0.5, 0.6) is 0 Å². The highest BCUT2D eigenvalue weighted by Gasteiger charge is 2.22. The molecule has 2 amide bonds. The van der Waals surface area contributed by atoms with Crippen LogP contribution < -0.4 is 10.6 Å². The van der Waals surface area contributed by atoms with Crippen molar-refractivity contribution in [2.24, 2.45) is 0 Å². The van der Waals surface area contributed by atoms with Gasteiger partial charge in [0.1, 0.15) is 6.33 Å². The topological polar surface area (TPSA) is 75.1 Å². The van der Waals surface area contributed by atoms with Gasteiger partial charge in [-0.15, -0.1) is 10.2 Å². The molecule has 0 saturated carbocycles. The SMILES string of the molecule is CCn1cnnc1CNC(=O)NC[C@@H]1CCCCN1Cc1ccccc1. The van der Waals surface area contributed by atoms with Crippen LogP contribution in [-0.2, 0) is 19.6 Å². The Bertz CT molecular complexity index is 686. The average molecular weight is 356 g/mol. The Hall–Kier alpha value is -2.41. The molecule has 1 aromatic carbocycles. The summed E-state index contributed by atoms with van der Waals surface area (Å²) >= 11 is 0. The van der Waals surface area contributed by atoms with Gasteiger partial charge in [-0.05, 0) is 31.9 Å². The van der Waals surface area contributed by atoms with Gasteiger partial charge >= 0.3 is 6.03 Å². The van der Waals surface area contributed by atoms with Crippen LogP contribution in [0.4, 0.5) is 4.79 Å². The predicted octanol–water partition coefficient (Wildman–Crippen LogP) is 2.15. The number of benzene rings is 1. The van der Waals surface area contributed by atoms with Crippen LogP contribution in [0.15, 0.2) is 36.7 Å². The number of amides is 2. The molecule has 2 aromatic rings. The molecule has 140 valence electrons. The second-order valence-electron chi connectivity index (χ2n) is 6.70. The standard InChI is InChI=1S/C19H28N6O/c1-2-24-15-22-23-18(24)13-21-19(26)20-12-17-10-6-7-11-25(17)14-16-8-4-3-5-9-16/h3-5,8-9,15,17H,2,6-7,10-14H2,1H3,(H2,20,21,26)/t17-/m0/s1. The predicted molar refractivity (Wildman–Crippen MR) is 100 cm³/mol. The highest BCUT2D eigenvalue weighted by molar-refractivity contribution is 5.73. The fraction of sp³-hybridized carbons (Fsp3) is 0.526. The zero-order valence-electron chi connectivity index (χ0n) is 15.4. The monoisotopic (exact) mass is 356 g/mol. The minimum absolute atomic E-state index is 0.152. The van der Waals surface area contributed by atoms with Gasteiger partial charge in [0.15, 0.2) is 5.82 Å². The second kappa shape index (κ2) is 9.33. The number of piperidine rings is 1. The van der Waals surface area contributed by atoms with E-state index >= 15 is 0 Å². The fourth-order valence-electron chi connectivity index (χ4n) is 3.43. The lowest BCUT2D eigenvalue weighted by atomic mass is 10.0. The molecule has 1 fully saturated rings. The maximum atomic E-state index is 12.1. The van der Waals surface area contributed by atoms with Crippen LogP contribution in [0.1, 0.15) is 37.6 Å². The number of aromatic nitrogens is 3. The quantitative estimate of drug-likeness (QED) is 0.797. The van der Waals surface area contributed by atoms with Crippen LogP contribution in [0.2, 0.25) is 0 Å². The number of carbonyl (C=O) groups is 1. The van der Waals surface area contributed by atoms with E-state index in [-0.39, 0.29) is 6.03 Å². The van der Waals surface area contributed by atoms with Crippen LogP contribution in [-0.4, -0.2) is 44.8 Å². The molecule has 1 atom stereocenters. The van der Waals surface area contributed by atoms with Gasteiger partial charge in [0.05, 0.1) is 6.54 Å².